The van der Waals surface area contributed by atoms with Crippen LogP contribution in [0.15, 0.2) is 0 Å². The van der Waals surface area contributed by atoms with Gasteiger partial charge in [-0.3, -0.25) is 4.79 Å². The fourth-order valence-corrected chi connectivity index (χ4v) is 1.95. The summed E-state index contributed by atoms with van der Waals surface area (Å²) >= 11 is 0. The molecule has 1 aliphatic carbocycles. The van der Waals surface area contributed by atoms with Crippen molar-refractivity contribution < 1.29 is 4.79 Å². The number of carbonyl (C=O) groups excluding carboxylic acids is 1. The van der Waals surface area contributed by atoms with Crippen molar-refractivity contribution in [2.75, 3.05) is 13.6 Å². The Kier molecular flexibility index (Phi) is 1.06. The second-order valence-corrected chi connectivity index (χ2v) is 3.17. The summed E-state index contributed by atoms with van der Waals surface area (Å²) in [7, 11) is 1.70. The molecule has 1 saturated carbocycles. The van der Waals surface area contributed by atoms with E-state index < -0.39 is 0 Å². The second kappa shape index (κ2) is 1.72. The molecule has 0 aromatic rings. The molecule has 3 heteroatoms. The zero-order valence-electron chi connectivity index (χ0n) is 6.11. The average molecular weight is 140 g/mol. The molecule has 0 aromatic heterocycles. The highest BCUT2D eigenvalue weighted by Crippen LogP contribution is 2.49. The smallest absolute Gasteiger partial charge is 0.240 e. The maximum Gasteiger partial charge on any atom is 0.240 e. The van der Waals surface area contributed by atoms with Gasteiger partial charge < -0.3 is 10.6 Å². The zero-order chi connectivity index (χ0) is 7.19. The normalized spacial score (nSPS) is 42.7. The standard InChI is InChI=1S/C7H12N2O/c1-8-6(10)7-4-5(7)2-3-9-7/h5,9H,2-4H2,1H3,(H,8,10). The van der Waals surface area contributed by atoms with Crippen LogP contribution in [0.4, 0.5) is 0 Å². The molecule has 0 spiro atoms. The topological polar surface area (TPSA) is 41.1 Å². The maximum absolute atomic E-state index is 11.2. The van der Waals surface area contributed by atoms with Crippen LogP contribution in [0, 0.1) is 5.92 Å². The van der Waals surface area contributed by atoms with Crippen LogP contribution in [-0.2, 0) is 4.79 Å². The third kappa shape index (κ3) is 0.560. The Morgan fingerprint density at radius 3 is 3.00 bits per heavy atom. The molecule has 2 fully saturated rings. The van der Waals surface area contributed by atoms with Crippen molar-refractivity contribution in [1.82, 2.24) is 10.6 Å². The maximum atomic E-state index is 11.2. The first-order chi connectivity index (χ1) is 4.79. The van der Waals surface area contributed by atoms with Crippen molar-refractivity contribution in [3.8, 4) is 0 Å². The van der Waals surface area contributed by atoms with Gasteiger partial charge in [-0.25, -0.2) is 0 Å². The molecule has 1 saturated heterocycles. The lowest BCUT2D eigenvalue weighted by molar-refractivity contribution is -0.123. The summed E-state index contributed by atoms with van der Waals surface area (Å²) in [5.74, 6) is 0.808. The van der Waals surface area contributed by atoms with Crippen LogP contribution >= 0.6 is 0 Å². The molecule has 2 rings (SSSR count). The SMILES string of the molecule is CNC(=O)C12CC1CCN2. The largest absolute Gasteiger partial charge is 0.358 e. The van der Waals surface area contributed by atoms with Gasteiger partial charge in [0.25, 0.3) is 0 Å². The summed E-state index contributed by atoms with van der Waals surface area (Å²) in [6, 6.07) is 0. The number of hydrogen-bond donors (Lipinski definition) is 2. The van der Waals surface area contributed by atoms with Gasteiger partial charge in [0, 0.05) is 7.05 Å². The van der Waals surface area contributed by atoms with E-state index in [9.17, 15) is 4.79 Å². The first-order valence-electron chi connectivity index (χ1n) is 3.77. The Morgan fingerprint density at radius 1 is 1.80 bits per heavy atom. The lowest BCUT2D eigenvalue weighted by Gasteiger charge is -2.10. The Balaban J connectivity index is 2.11. The number of fused-ring (bicyclic) bond motifs is 1. The Hall–Kier alpha value is -0.570. The minimum absolute atomic E-state index is 0.130. The van der Waals surface area contributed by atoms with E-state index in [1.165, 1.54) is 6.42 Å². The van der Waals surface area contributed by atoms with Crippen molar-refractivity contribution in [3.63, 3.8) is 0 Å². The van der Waals surface area contributed by atoms with Crippen molar-refractivity contribution in [2.45, 2.75) is 18.4 Å². The molecule has 56 valence electrons. The Morgan fingerprint density at radius 2 is 2.60 bits per heavy atom. The van der Waals surface area contributed by atoms with Gasteiger partial charge in [-0.15, -0.1) is 0 Å². The molecule has 2 aliphatic rings. The molecule has 2 atom stereocenters. The Bertz CT molecular complexity index is 180. The van der Waals surface area contributed by atoms with E-state index in [0.717, 1.165) is 13.0 Å². The number of hydrogen-bond acceptors (Lipinski definition) is 2. The first kappa shape index (κ1) is 6.16. The minimum atomic E-state index is -0.130. The van der Waals surface area contributed by atoms with Gasteiger partial charge in [-0.1, -0.05) is 0 Å². The highest BCUT2D eigenvalue weighted by Gasteiger charge is 2.62. The highest BCUT2D eigenvalue weighted by molar-refractivity contribution is 5.90. The molecule has 1 amide bonds. The molecule has 3 nitrogen and oxygen atoms in total. The fourth-order valence-electron chi connectivity index (χ4n) is 1.95. The van der Waals surface area contributed by atoms with E-state index in [4.69, 9.17) is 0 Å². The molecular formula is C7H12N2O. The predicted molar refractivity (Wildman–Crippen MR) is 37.5 cm³/mol. The van der Waals surface area contributed by atoms with Crippen molar-refractivity contribution >= 4 is 5.91 Å². The summed E-state index contributed by atoms with van der Waals surface area (Å²) in [5.41, 5.74) is -0.130. The van der Waals surface area contributed by atoms with E-state index in [0.29, 0.717) is 5.92 Å². The van der Waals surface area contributed by atoms with Crippen LogP contribution in [0.5, 0.6) is 0 Å². The highest BCUT2D eigenvalue weighted by atomic mass is 16.2. The van der Waals surface area contributed by atoms with Crippen LogP contribution in [0.1, 0.15) is 12.8 Å². The number of amides is 1. The van der Waals surface area contributed by atoms with Crippen molar-refractivity contribution in [3.05, 3.63) is 0 Å². The first-order valence-corrected chi connectivity index (χ1v) is 3.77. The fraction of sp³-hybridized carbons (Fsp3) is 0.857. The van der Waals surface area contributed by atoms with E-state index in [1.807, 2.05) is 0 Å². The van der Waals surface area contributed by atoms with Gasteiger partial charge >= 0.3 is 0 Å². The third-order valence-corrected chi connectivity index (χ3v) is 2.67. The zero-order valence-corrected chi connectivity index (χ0v) is 6.11. The van der Waals surface area contributed by atoms with Gasteiger partial charge in [-0.2, -0.15) is 0 Å². The molecular weight excluding hydrogens is 128 g/mol. The summed E-state index contributed by atoms with van der Waals surface area (Å²) in [4.78, 5) is 11.2. The van der Waals surface area contributed by atoms with Gasteiger partial charge in [0.05, 0.1) is 0 Å². The lowest BCUT2D eigenvalue weighted by Crippen LogP contribution is -2.43. The number of likely N-dealkylation sites (N-methyl/N-ethyl adjacent to an activating group) is 1. The summed E-state index contributed by atoms with van der Waals surface area (Å²) < 4.78 is 0. The van der Waals surface area contributed by atoms with Crippen LogP contribution in [0.2, 0.25) is 0 Å². The number of piperidine rings is 1. The van der Waals surface area contributed by atoms with E-state index in [-0.39, 0.29) is 11.4 Å². The summed E-state index contributed by atoms with van der Waals surface area (Å²) in [5, 5.41) is 5.93. The molecule has 1 heterocycles. The molecule has 0 aromatic carbocycles. The van der Waals surface area contributed by atoms with Crippen molar-refractivity contribution in [1.29, 1.82) is 0 Å². The lowest BCUT2D eigenvalue weighted by atomic mass is 10.2. The summed E-state index contributed by atoms with van der Waals surface area (Å²) in [6.07, 6.45) is 2.22. The number of nitrogens with one attached hydrogen (secondary N) is 2. The van der Waals surface area contributed by atoms with Crippen molar-refractivity contribution in [2.24, 2.45) is 5.92 Å². The molecule has 2 N–H and O–H groups in total. The van der Waals surface area contributed by atoms with Gasteiger partial charge in [0.2, 0.25) is 5.91 Å². The third-order valence-electron chi connectivity index (χ3n) is 2.67. The average Bonchev–Trinajstić information content (AvgIpc) is 2.54. The summed E-state index contributed by atoms with van der Waals surface area (Å²) in [6.45, 7) is 1.01. The molecule has 0 radical (unpaired) electrons. The number of rotatable bonds is 1. The van der Waals surface area contributed by atoms with Crippen LogP contribution < -0.4 is 10.6 Å². The van der Waals surface area contributed by atoms with Gasteiger partial charge in [0.15, 0.2) is 0 Å². The second-order valence-electron chi connectivity index (χ2n) is 3.17. The molecule has 10 heavy (non-hydrogen) atoms. The molecule has 2 unspecified atom stereocenters. The quantitative estimate of drug-likeness (QED) is 0.515. The van der Waals surface area contributed by atoms with E-state index in [2.05, 4.69) is 10.6 Å². The van der Waals surface area contributed by atoms with Crippen LogP contribution in [0.25, 0.3) is 0 Å². The van der Waals surface area contributed by atoms with E-state index >= 15 is 0 Å². The minimum Gasteiger partial charge on any atom is -0.358 e. The van der Waals surface area contributed by atoms with Crippen LogP contribution in [-0.4, -0.2) is 25.0 Å². The predicted octanol–water partition coefficient (Wildman–Crippen LogP) is -0.516. The van der Waals surface area contributed by atoms with Gasteiger partial charge in [0.1, 0.15) is 5.54 Å². The molecule has 1 aliphatic heterocycles. The monoisotopic (exact) mass is 140 g/mol. The number of carbonyl (C=O) groups is 1. The molecule has 0 bridgehead atoms. The van der Waals surface area contributed by atoms with Gasteiger partial charge in [-0.05, 0) is 25.3 Å². The Labute approximate surface area is 60.2 Å². The van der Waals surface area contributed by atoms with Crippen LogP contribution in [0.3, 0.4) is 0 Å². The van der Waals surface area contributed by atoms with E-state index in [1.54, 1.807) is 7.05 Å².